The van der Waals surface area contributed by atoms with Crippen molar-refractivity contribution in [1.29, 1.82) is 0 Å². The van der Waals surface area contributed by atoms with E-state index in [-0.39, 0.29) is 18.4 Å². The fourth-order valence-electron chi connectivity index (χ4n) is 1.25. The van der Waals surface area contributed by atoms with Gasteiger partial charge in [0.25, 0.3) is 0 Å². The van der Waals surface area contributed by atoms with Crippen molar-refractivity contribution < 1.29 is 9.53 Å². The first-order valence-corrected chi connectivity index (χ1v) is 5.29. The lowest BCUT2D eigenvalue weighted by Crippen LogP contribution is -2.23. The molecule has 1 unspecified atom stereocenters. The van der Waals surface area contributed by atoms with Crippen LogP contribution in [0.4, 0.5) is 5.69 Å². The lowest BCUT2D eigenvalue weighted by atomic mass is 10.2. The number of benzene rings is 1. The molecule has 3 N–H and O–H groups in total. The van der Waals surface area contributed by atoms with Crippen molar-refractivity contribution >= 4 is 23.2 Å². The second-order valence-electron chi connectivity index (χ2n) is 3.58. The van der Waals surface area contributed by atoms with Crippen LogP contribution in [-0.4, -0.2) is 19.1 Å². The number of hydrogen-bond acceptors (Lipinski definition) is 3. The number of methoxy groups -OCH3 is 1. The van der Waals surface area contributed by atoms with Crippen LogP contribution >= 0.6 is 11.6 Å². The van der Waals surface area contributed by atoms with Crippen molar-refractivity contribution in [3.05, 3.63) is 23.2 Å². The Morgan fingerprint density at radius 3 is 2.81 bits per heavy atom. The molecule has 0 aromatic heterocycles. The monoisotopic (exact) mass is 242 g/mol. The highest BCUT2D eigenvalue weighted by Gasteiger charge is 2.07. The fraction of sp³-hybridized carbons (Fsp3) is 0.364. The lowest BCUT2D eigenvalue weighted by Gasteiger charge is -2.09. The van der Waals surface area contributed by atoms with Crippen LogP contribution in [0.3, 0.4) is 0 Å². The maximum Gasteiger partial charge on any atom is 0.225 e. The smallest absolute Gasteiger partial charge is 0.225 e. The van der Waals surface area contributed by atoms with Gasteiger partial charge in [0.05, 0.1) is 12.1 Å². The van der Waals surface area contributed by atoms with E-state index >= 15 is 0 Å². The van der Waals surface area contributed by atoms with E-state index in [1.807, 2.05) is 0 Å². The van der Waals surface area contributed by atoms with Crippen molar-refractivity contribution in [3.8, 4) is 5.75 Å². The highest BCUT2D eigenvalue weighted by molar-refractivity contribution is 6.32. The third kappa shape index (κ3) is 3.72. The van der Waals surface area contributed by atoms with Gasteiger partial charge in [0.15, 0.2) is 0 Å². The molecule has 0 bridgehead atoms. The molecule has 1 amide bonds. The lowest BCUT2D eigenvalue weighted by molar-refractivity contribution is -0.116. The number of hydrogen-bond donors (Lipinski definition) is 2. The predicted octanol–water partition coefficient (Wildman–Crippen LogP) is 2.02. The average Bonchev–Trinajstić information content (AvgIpc) is 2.16. The van der Waals surface area contributed by atoms with Crippen molar-refractivity contribution in [2.45, 2.75) is 19.4 Å². The molecule has 1 aromatic rings. The van der Waals surface area contributed by atoms with Gasteiger partial charge in [-0.15, -0.1) is 0 Å². The Bertz CT molecular complexity index is 380. The van der Waals surface area contributed by atoms with Gasteiger partial charge >= 0.3 is 0 Å². The van der Waals surface area contributed by atoms with Gasteiger partial charge in [0.2, 0.25) is 5.91 Å². The average molecular weight is 243 g/mol. The fourth-order valence-corrected chi connectivity index (χ4v) is 1.51. The molecule has 88 valence electrons. The number of nitrogens with one attached hydrogen (secondary N) is 1. The van der Waals surface area contributed by atoms with E-state index in [0.717, 1.165) is 0 Å². The number of nitrogens with two attached hydrogens (primary N) is 1. The molecule has 1 rings (SSSR count). The Kier molecular flexibility index (Phi) is 4.58. The molecule has 0 saturated carbocycles. The van der Waals surface area contributed by atoms with Crippen LogP contribution in [0.1, 0.15) is 13.3 Å². The van der Waals surface area contributed by atoms with Gasteiger partial charge in [0, 0.05) is 18.2 Å². The highest BCUT2D eigenvalue weighted by atomic mass is 35.5. The molecule has 0 radical (unpaired) electrons. The maximum absolute atomic E-state index is 11.4. The molecule has 0 aliphatic heterocycles. The number of rotatable bonds is 4. The van der Waals surface area contributed by atoms with E-state index in [0.29, 0.717) is 16.5 Å². The van der Waals surface area contributed by atoms with E-state index in [2.05, 4.69) is 5.32 Å². The summed E-state index contributed by atoms with van der Waals surface area (Å²) in [5.74, 6) is 0.447. The zero-order valence-electron chi connectivity index (χ0n) is 9.29. The van der Waals surface area contributed by atoms with Gasteiger partial charge in [-0.1, -0.05) is 11.6 Å². The zero-order valence-corrected chi connectivity index (χ0v) is 10.0. The topological polar surface area (TPSA) is 64.3 Å². The number of halogens is 1. The summed E-state index contributed by atoms with van der Waals surface area (Å²) in [6, 6.07) is 4.90. The summed E-state index contributed by atoms with van der Waals surface area (Å²) in [5.41, 5.74) is 6.15. The van der Waals surface area contributed by atoms with Crippen molar-refractivity contribution in [1.82, 2.24) is 0 Å². The van der Waals surface area contributed by atoms with Crippen LogP contribution in [0.2, 0.25) is 5.02 Å². The molecule has 16 heavy (non-hydrogen) atoms. The third-order valence-corrected chi connectivity index (χ3v) is 2.24. The summed E-state index contributed by atoms with van der Waals surface area (Å²) >= 11 is 5.92. The van der Waals surface area contributed by atoms with Gasteiger partial charge in [-0.25, -0.2) is 0 Å². The van der Waals surface area contributed by atoms with Crippen LogP contribution in [0.25, 0.3) is 0 Å². The molecule has 0 fully saturated rings. The molecule has 0 heterocycles. The van der Waals surface area contributed by atoms with Crippen LogP contribution < -0.4 is 15.8 Å². The van der Waals surface area contributed by atoms with Crippen LogP contribution in [-0.2, 0) is 4.79 Å². The standard InChI is InChI=1S/C11H15ClN2O2/c1-7(13)5-11(15)14-8-3-4-10(16-2)9(12)6-8/h3-4,6-7H,5,13H2,1-2H3,(H,14,15). The molecule has 1 atom stereocenters. The van der Waals surface area contributed by atoms with Crippen molar-refractivity contribution in [2.75, 3.05) is 12.4 Å². The molecular weight excluding hydrogens is 228 g/mol. The Morgan fingerprint density at radius 1 is 1.62 bits per heavy atom. The minimum atomic E-state index is -0.159. The molecule has 0 saturated heterocycles. The van der Waals surface area contributed by atoms with Crippen molar-refractivity contribution in [2.24, 2.45) is 5.73 Å². The number of amides is 1. The van der Waals surface area contributed by atoms with E-state index in [1.165, 1.54) is 7.11 Å². The Hall–Kier alpha value is -1.26. The molecule has 1 aromatic carbocycles. The van der Waals surface area contributed by atoms with E-state index < -0.39 is 0 Å². The van der Waals surface area contributed by atoms with Gasteiger partial charge in [0.1, 0.15) is 5.75 Å². The van der Waals surface area contributed by atoms with E-state index in [9.17, 15) is 4.79 Å². The SMILES string of the molecule is COc1ccc(NC(=O)CC(C)N)cc1Cl. The highest BCUT2D eigenvalue weighted by Crippen LogP contribution is 2.27. The predicted molar refractivity (Wildman–Crippen MR) is 64.9 cm³/mol. The quantitative estimate of drug-likeness (QED) is 0.849. The third-order valence-electron chi connectivity index (χ3n) is 1.94. The number of ether oxygens (including phenoxy) is 1. The Balaban J connectivity index is 2.68. The maximum atomic E-state index is 11.4. The largest absolute Gasteiger partial charge is 0.495 e. The summed E-state index contributed by atoms with van der Waals surface area (Å²) in [7, 11) is 1.54. The van der Waals surface area contributed by atoms with Crippen LogP contribution in [0, 0.1) is 0 Å². The van der Waals surface area contributed by atoms with Crippen LogP contribution in [0.5, 0.6) is 5.75 Å². The molecule has 0 spiro atoms. The first-order chi connectivity index (χ1) is 7.52. The first kappa shape index (κ1) is 12.8. The van der Waals surface area contributed by atoms with Gasteiger partial charge < -0.3 is 15.8 Å². The minimum Gasteiger partial charge on any atom is -0.495 e. The van der Waals surface area contributed by atoms with Gasteiger partial charge in [-0.2, -0.15) is 0 Å². The van der Waals surface area contributed by atoms with E-state index in [1.54, 1.807) is 25.1 Å². The molecular formula is C11H15ClN2O2. The van der Waals surface area contributed by atoms with Gasteiger partial charge in [-0.3, -0.25) is 4.79 Å². The summed E-state index contributed by atoms with van der Waals surface area (Å²) in [6.45, 7) is 1.78. The second-order valence-corrected chi connectivity index (χ2v) is 3.99. The summed E-state index contributed by atoms with van der Waals surface area (Å²) in [5, 5.41) is 3.17. The summed E-state index contributed by atoms with van der Waals surface area (Å²) in [6.07, 6.45) is 0.281. The Morgan fingerprint density at radius 2 is 2.31 bits per heavy atom. The molecule has 0 aliphatic carbocycles. The minimum absolute atomic E-state index is 0.128. The zero-order chi connectivity index (χ0) is 12.1. The number of carbonyl (C=O) groups is 1. The van der Waals surface area contributed by atoms with E-state index in [4.69, 9.17) is 22.1 Å². The summed E-state index contributed by atoms with van der Waals surface area (Å²) < 4.78 is 5.00. The molecule has 0 aliphatic rings. The van der Waals surface area contributed by atoms with Crippen molar-refractivity contribution in [3.63, 3.8) is 0 Å². The van der Waals surface area contributed by atoms with Gasteiger partial charge in [-0.05, 0) is 25.1 Å². The normalized spacial score (nSPS) is 12.0. The molecule has 5 heteroatoms. The number of anilines is 1. The molecule has 4 nitrogen and oxygen atoms in total. The first-order valence-electron chi connectivity index (χ1n) is 4.92. The summed E-state index contributed by atoms with van der Waals surface area (Å²) in [4.78, 5) is 11.4. The van der Waals surface area contributed by atoms with Crippen LogP contribution in [0.15, 0.2) is 18.2 Å². The second kappa shape index (κ2) is 5.72. The number of carbonyl (C=O) groups excluding carboxylic acids is 1. The Labute approximate surface area is 99.7 Å².